The van der Waals surface area contributed by atoms with Crippen molar-refractivity contribution in [2.24, 2.45) is 5.73 Å². The summed E-state index contributed by atoms with van der Waals surface area (Å²) < 4.78 is 5.40. The zero-order valence-electron chi connectivity index (χ0n) is 10.3. The van der Waals surface area contributed by atoms with E-state index in [9.17, 15) is 0 Å². The Hall–Kier alpha value is -0.160. The lowest BCUT2D eigenvalue weighted by atomic mass is 9.99. The van der Waals surface area contributed by atoms with Crippen LogP contribution in [-0.2, 0) is 4.74 Å². The third-order valence-electron chi connectivity index (χ3n) is 3.23. The summed E-state index contributed by atoms with van der Waals surface area (Å²) in [5.74, 6) is 0. The van der Waals surface area contributed by atoms with Crippen LogP contribution < -0.4 is 5.73 Å². The van der Waals surface area contributed by atoms with Crippen molar-refractivity contribution in [3.63, 3.8) is 0 Å². The molecule has 0 saturated carbocycles. The highest BCUT2D eigenvalue weighted by atomic mass is 16.5. The summed E-state index contributed by atoms with van der Waals surface area (Å²) in [6.07, 6.45) is 2.63. The molecule has 15 heavy (non-hydrogen) atoms. The molecule has 0 bridgehead atoms. The number of piperidine rings is 1. The van der Waals surface area contributed by atoms with Crippen LogP contribution in [0.25, 0.3) is 0 Å². The van der Waals surface area contributed by atoms with Gasteiger partial charge in [-0.2, -0.15) is 0 Å². The van der Waals surface area contributed by atoms with Crippen LogP contribution in [0.2, 0.25) is 0 Å². The van der Waals surface area contributed by atoms with E-state index >= 15 is 0 Å². The van der Waals surface area contributed by atoms with Crippen LogP contribution in [-0.4, -0.2) is 69.3 Å². The summed E-state index contributed by atoms with van der Waals surface area (Å²) >= 11 is 0. The van der Waals surface area contributed by atoms with E-state index in [1.807, 2.05) is 0 Å². The van der Waals surface area contributed by atoms with E-state index in [2.05, 4.69) is 23.9 Å². The van der Waals surface area contributed by atoms with E-state index in [0.717, 1.165) is 39.0 Å². The van der Waals surface area contributed by atoms with Gasteiger partial charge in [0.2, 0.25) is 0 Å². The maximum atomic E-state index is 5.81. The van der Waals surface area contributed by atoms with Crippen molar-refractivity contribution in [1.82, 2.24) is 9.80 Å². The third kappa shape index (κ3) is 4.07. The molecule has 1 rings (SSSR count). The number of nitrogens with zero attached hydrogens (tertiary/aromatic N) is 2. The quantitative estimate of drug-likeness (QED) is 0.700. The van der Waals surface area contributed by atoms with Crippen LogP contribution in [0.1, 0.15) is 12.8 Å². The van der Waals surface area contributed by atoms with Gasteiger partial charge in [0.1, 0.15) is 0 Å². The second-order valence-electron chi connectivity index (χ2n) is 4.61. The van der Waals surface area contributed by atoms with Gasteiger partial charge in [-0.15, -0.1) is 0 Å². The first-order chi connectivity index (χ1) is 7.17. The molecule has 0 spiro atoms. The van der Waals surface area contributed by atoms with Crippen molar-refractivity contribution in [1.29, 1.82) is 0 Å². The molecule has 1 aliphatic heterocycles. The monoisotopic (exact) mass is 215 g/mol. The van der Waals surface area contributed by atoms with E-state index in [1.54, 1.807) is 7.11 Å². The molecule has 0 aliphatic carbocycles. The molecule has 0 aromatic rings. The van der Waals surface area contributed by atoms with Gasteiger partial charge in [-0.05, 0) is 26.9 Å². The smallest absolute Gasteiger partial charge is 0.0599 e. The Labute approximate surface area is 93.4 Å². The molecule has 1 aliphatic rings. The number of ether oxygens (including phenoxy) is 1. The van der Waals surface area contributed by atoms with E-state index in [4.69, 9.17) is 10.5 Å². The van der Waals surface area contributed by atoms with Gasteiger partial charge in [-0.3, -0.25) is 4.90 Å². The van der Waals surface area contributed by atoms with Crippen LogP contribution in [0, 0.1) is 0 Å². The third-order valence-corrected chi connectivity index (χ3v) is 3.23. The SMILES string of the molecule is COC1CCN(CCN(C)C)C(CN)C1. The van der Waals surface area contributed by atoms with Gasteiger partial charge >= 0.3 is 0 Å². The second-order valence-corrected chi connectivity index (χ2v) is 4.61. The minimum atomic E-state index is 0.411. The molecule has 0 aromatic heterocycles. The molecule has 4 nitrogen and oxygen atoms in total. The molecule has 4 heteroatoms. The molecule has 0 amide bonds. The number of hydrogen-bond acceptors (Lipinski definition) is 4. The Kier molecular flexibility index (Phi) is 5.53. The lowest BCUT2D eigenvalue weighted by molar-refractivity contribution is 0.0116. The van der Waals surface area contributed by atoms with Crippen molar-refractivity contribution >= 4 is 0 Å². The average Bonchev–Trinajstić information content (AvgIpc) is 2.25. The van der Waals surface area contributed by atoms with Gasteiger partial charge in [-0.1, -0.05) is 0 Å². The first-order valence-electron chi connectivity index (χ1n) is 5.79. The molecular weight excluding hydrogens is 190 g/mol. The summed E-state index contributed by atoms with van der Waals surface area (Å²) in [6, 6.07) is 0.503. The summed E-state index contributed by atoms with van der Waals surface area (Å²) in [5, 5.41) is 0. The Morgan fingerprint density at radius 3 is 2.73 bits per heavy atom. The van der Waals surface area contributed by atoms with Crippen molar-refractivity contribution in [2.45, 2.75) is 25.0 Å². The molecule has 2 N–H and O–H groups in total. The molecule has 2 atom stereocenters. The predicted molar refractivity (Wildman–Crippen MR) is 63.0 cm³/mol. The minimum Gasteiger partial charge on any atom is -0.381 e. The number of likely N-dealkylation sites (tertiary alicyclic amines) is 1. The normalized spacial score (nSPS) is 28.6. The van der Waals surface area contributed by atoms with Crippen LogP contribution in [0.4, 0.5) is 0 Å². The van der Waals surface area contributed by atoms with Gasteiger partial charge in [0.05, 0.1) is 6.10 Å². The second kappa shape index (κ2) is 6.43. The Morgan fingerprint density at radius 2 is 2.20 bits per heavy atom. The number of methoxy groups -OCH3 is 1. The molecule has 2 unspecified atom stereocenters. The summed E-state index contributed by atoms with van der Waals surface area (Å²) in [6.45, 7) is 4.08. The number of rotatable bonds is 5. The number of nitrogens with two attached hydrogens (primary N) is 1. The van der Waals surface area contributed by atoms with E-state index in [1.165, 1.54) is 0 Å². The average molecular weight is 215 g/mol. The minimum absolute atomic E-state index is 0.411. The maximum absolute atomic E-state index is 5.81. The molecule has 1 fully saturated rings. The summed E-state index contributed by atoms with van der Waals surface area (Å²) in [5.41, 5.74) is 5.81. The molecule has 0 aromatic carbocycles. The maximum Gasteiger partial charge on any atom is 0.0599 e. The van der Waals surface area contributed by atoms with Gasteiger partial charge < -0.3 is 15.4 Å². The lowest BCUT2D eigenvalue weighted by Crippen LogP contribution is -2.50. The van der Waals surface area contributed by atoms with E-state index < -0.39 is 0 Å². The molecule has 1 heterocycles. The van der Waals surface area contributed by atoms with Gasteiger partial charge in [0.25, 0.3) is 0 Å². The van der Waals surface area contributed by atoms with Crippen molar-refractivity contribution in [3.05, 3.63) is 0 Å². The van der Waals surface area contributed by atoms with Gasteiger partial charge in [0, 0.05) is 39.3 Å². The zero-order valence-corrected chi connectivity index (χ0v) is 10.3. The highest BCUT2D eigenvalue weighted by Crippen LogP contribution is 2.18. The van der Waals surface area contributed by atoms with Crippen molar-refractivity contribution in [2.75, 3.05) is 47.4 Å². The van der Waals surface area contributed by atoms with Crippen LogP contribution in [0.15, 0.2) is 0 Å². The molecular formula is C11H25N3O. The Bertz CT molecular complexity index is 175. The Morgan fingerprint density at radius 1 is 1.47 bits per heavy atom. The lowest BCUT2D eigenvalue weighted by Gasteiger charge is -2.38. The topological polar surface area (TPSA) is 41.7 Å². The molecule has 1 saturated heterocycles. The number of likely N-dealkylation sites (N-methyl/N-ethyl adjacent to an activating group) is 1. The van der Waals surface area contributed by atoms with Crippen LogP contribution in [0.5, 0.6) is 0 Å². The van der Waals surface area contributed by atoms with Crippen LogP contribution >= 0.6 is 0 Å². The summed E-state index contributed by atoms with van der Waals surface area (Å²) in [4.78, 5) is 4.71. The highest BCUT2D eigenvalue weighted by molar-refractivity contribution is 4.83. The number of hydrogen-bond donors (Lipinski definition) is 1. The molecule has 0 radical (unpaired) electrons. The van der Waals surface area contributed by atoms with Crippen molar-refractivity contribution < 1.29 is 4.74 Å². The first kappa shape index (κ1) is 12.9. The fourth-order valence-corrected chi connectivity index (χ4v) is 2.14. The first-order valence-corrected chi connectivity index (χ1v) is 5.79. The summed E-state index contributed by atoms with van der Waals surface area (Å²) in [7, 11) is 6.02. The fourth-order valence-electron chi connectivity index (χ4n) is 2.14. The van der Waals surface area contributed by atoms with E-state index in [-0.39, 0.29) is 0 Å². The van der Waals surface area contributed by atoms with Crippen molar-refractivity contribution in [3.8, 4) is 0 Å². The van der Waals surface area contributed by atoms with E-state index in [0.29, 0.717) is 12.1 Å². The largest absolute Gasteiger partial charge is 0.381 e. The van der Waals surface area contributed by atoms with Crippen LogP contribution in [0.3, 0.4) is 0 Å². The zero-order chi connectivity index (χ0) is 11.3. The standard InChI is InChI=1S/C11H25N3O/c1-13(2)6-7-14-5-4-11(15-3)8-10(14)9-12/h10-11H,4-9,12H2,1-3H3. The van der Waals surface area contributed by atoms with Gasteiger partial charge in [0.15, 0.2) is 0 Å². The predicted octanol–water partition coefficient (Wildman–Crippen LogP) is -0.0139. The van der Waals surface area contributed by atoms with Gasteiger partial charge in [-0.25, -0.2) is 0 Å². The Balaban J connectivity index is 2.36. The molecule has 90 valence electrons. The fraction of sp³-hybridized carbons (Fsp3) is 1.00. The highest BCUT2D eigenvalue weighted by Gasteiger charge is 2.26.